The Hall–Kier alpha value is -2.49. The van der Waals surface area contributed by atoms with Crippen LogP contribution in [0.5, 0.6) is 11.5 Å². The van der Waals surface area contributed by atoms with Gasteiger partial charge in [-0.2, -0.15) is 0 Å². The molecule has 0 saturated heterocycles. The molecule has 1 aliphatic heterocycles. The zero-order chi connectivity index (χ0) is 11.8. The smallest absolute Gasteiger partial charge is 0.339 e. The Bertz CT molecular complexity index is 607. The van der Waals surface area contributed by atoms with Crippen LogP contribution in [0, 0.1) is 0 Å². The van der Waals surface area contributed by atoms with E-state index >= 15 is 0 Å². The second-order valence-electron chi connectivity index (χ2n) is 3.71. The first-order valence-corrected chi connectivity index (χ1v) is 5.16. The number of fused-ring (bicyclic) bond motifs is 2. The summed E-state index contributed by atoms with van der Waals surface area (Å²) in [5.74, 6) is -0.00423. The minimum atomic E-state index is -0.997. The van der Waals surface area contributed by atoms with Gasteiger partial charge in [0, 0.05) is 0 Å². The number of anilines is 2. The van der Waals surface area contributed by atoms with Gasteiger partial charge in [0.1, 0.15) is 5.56 Å². The van der Waals surface area contributed by atoms with Crippen molar-refractivity contribution in [3.63, 3.8) is 0 Å². The van der Waals surface area contributed by atoms with Gasteiger partial charge in [-0.1, -0.05) is 18.2 Å². The molecule has 84 valence electrons. The largest absolute Gasteiger partial charge is 0.478 e. The van der Waals surface area contributed by atoms with Gasteiger partial charge in [-0.05, 0) is 24.3 Å². The van der Waals surface area contributed by atoms with Crippen LogP contribution in [0.2, 0.25) is 0 Å². The molecule has 17 heavy (non-hydrogen) atoms. The van der Waals surface area contributed by atoms with Crippen molar-refractivity contribution in [1.82, 2.24) is 0 Å². The number of hydrogen-bond donors (Lipinski definition) is 2. The van der Waals surface area contributed by atoms with Crippen LogP contribution in [0.1, 0.15) is 10.4 Å². The summed E-state index contributed by atoms with van der Waals surface area (Å²) in [6, 6.07) is 12.4. The molecule has 4 nitrogen and oxygen atoms in total. The molecule has 0 aliphatic carbocycles. The van der Waals surface area contributed by atoms with Gasteiger partial charge in [0.05, 0.1) is 11.4 Å². The summed E-state index contributed by atoms with van der Waals surface area (Å²) in [5, 5.41) is 12.2. The maximum absolute atomic E-state index is 11.1. The molecule has 0 atom stereocenters. The second-order valence-corrected chi connectivity index (χ2v) is 3.71. The van der Waals surface area contributed by atoms with Crippen molar-refractivity contribution >= 4 is 17.3 Å². The number of hydrogen-bond acceptors (Lipinski definition) is 3. The predicted molar refractivity (Wildman–Crippen MR) is 63.2 cm³/mol. The van der Waals surface area contributed by atoms with E-state index in [1.165, 1.54) is 6.07 Å². The van der Waals surface area contributed by atoms with Gasteiger partial charge in [0.2, 0.25) is 0 Å². The van der Waals surface area contributed by atoms with Crippen molar-refractivity contribution in [2.45, 2.75) is 0 Å². The summed E-state index contributed by atoms with van der Waals surface area (Å²) < 4.78 is 5.63. The lowest BCUT2D eigenvalue weighted by Gasteiger charge is -2.22. The fraction of sp³-hybridized carbons (Fsp3) is 0. The topological polar surface area (TPSA) is 58.6 Å². The quantitative estimate of drug-likeness (QED) is 0.670. The van der Waals surface area contributed by atoms with Crippen LogP contribution in [0.25, 0.3) is 0 Å². The molecule has 2 N–H and O–H groups in total. The Morgan fingerprint density at radius 1 is 1.06 bits per heavy atom. The normalized spacial score (nSPS) is 11.8. The highest BCUT2D eigenvalue weighted by Crippen LogP contribution is 2.43. The highest BCUT2D eigenvalue weighted by Gasteiger charge is 2.21. The first kappa shape index (κ1) is 9.72. The molecule has 2 aromatic rings. The van der Waals surface area contributed by atoms with E-state index in [1.807, 2.05) is 18.2 Å². The maximum Gasteiger partial charge on any atom is 0.339 e. The van der Waals surface area contributed by atoms with E-state index in [0.29, 0.717) is 17.2 Å². The van der Waals surface area contributed by atoms with E-state index in [-0.39, 0.29) is 5.56 Å². The van der Waals surface area contributed by atoms with Gasteiger partial charge in [-0.3, -0.25) is 0 Å². The van der Waals surface area contributed by atoms with Crippen LogP contribution >= 0.6 is 0 Å². The Morgan fingerprint density at radius 2 is 1.82 bits per heavy atom. The van der Waals surface area contributed by atoms with Crippen LogP contribution in [0.15, 0.2) is 42.5 Å². The number of ether oxygens (including phenoxy) is 1. The van der Waals surface area contributed by atoms with Crippen LogP contribution in [-0.2, 0) is 0 Å². The van der Waals surface area contributed by atoms with E-state index in [9.17, 15) is 4.79 Å². The second kappa shape index (κ2) is 3.52. The van der Waals surface area contributed by atoms with Crippen LogP contribution < -0.4 is 10.1 Å². The summed E-state index contributed by atoms with van der Waals surface area (Å²) in [6.45, 7) is 0. The molecule has 0 saturated carbocycles. The third-order valence-corrected chi connectivity index (χ3v) is 2.61. The monoisotopic (exact) mass is 227 g/mol. The lowest BCUT2D eigenvalue weighted by Crippen LogP contribution is -2.07. The van der Waals surface area contributed by atoms with E-state index in [1.54, 1.807) is 18.2 Å². The lowest BCUT2D eigenvalue weighted by molar-refractivity contribution is 0.0694. The third kappa shape index (κ3) is 1.50. The number of nitrogens with one attached hydrogen (secondary N) is 1. The molecule has 0 aromatic heterocycles. The fourth-order valence-electron chi connectivity index (χ4n) is 1.83. The first-order valence-electron chi connectivity index (χ1n) is 5.16. The lowest BCUT2D eigenvalue weighted by atomic mass is 10.1. The van der Waals surface area contributed by atoms with Gasteiger partial charge in [-0.25, -0.2) is 4.79 Å². The molecule has 0 fully saturated rings. The van der Waals surface area contributed by atoms with Gasteiger partial charge >= 0.3 is 5.97 Å². The molecule has 0 amide bonds. The first-order chi connectivity index (χ1) is 8.25. The molecule has 1 aliphatic rings. The Labute approximate surface area is 97.5 Å². The Kier molecular flexibility index (Phi) is 2.01. The van der Waals surface area contributed by atoms with E-state index < -0.39 is 5.97 Å². The average molecular weight is 227 g/mol. The number of aromatic carboxylic acids is 1. The van der Waals surface area contributed by atoms with Crippen molar-refractivity contribution in [1.29, 1.82) is 0 Å². The summed E-state index contributed by atoms with van der Waals surface area (Å²) in [5.41, 5.74) is 1.66. The molecule has 3 rings (SSSR count). The van der Waals surface area contributed by atoms with E-state index in [2.05, 4.69) is 5.32 Å². The van der Waals surface area contributed by atoms with Gasteiger partial charge in [-0.15, -0.1) is 0 Å². The summed E-state index contributed by atoms with van der Waals surface area (Å²) >= 11 is 0. The number of carboxylic acid groups (broad SMARTS) is 1. The van der Waals surface area contributed by atoms with Gasteiger partial charge in [0.15, 0.2) is 11.5 Å². The fourth-order valence-corrected chi connectivity index (χ4v) is 1.83. The van der Waals surface area contributed by atoms with Gasteiger partial charge < -0.3 is 15.2 Å². The van der Waals surface area contributed by atoms with Crippen molar-refractivity contribution in [2.24, 2.45) is 0 Å². The summed E-state index contributed by atoms with van der Waals surface area (Å²) in [4.78, 5) is 11.1. The highest BCUT2D eigenvalue weighted by molar-refractivity contribution is 5.95. The molecule has 0 spiro atoms. The summed E-state index contributed by atoms with van der Waals surface area (Å²) in [7, 11) is 0. The SMILES string of the molecule is O=C(O)c1cccc2c1Oc1ccccc1N2. The molecule has 0 unspecified atom stereocenters. The molecule has 4 heteroatoms. The molecular formula is C13H9NO3. The number of rotatable bonds is 1. The minimum Gasteiger partial charge on any atom is -0.478 e. The minimum absolute atomic E-state index is 0.157. The Morgan fingerprint density at radius 3 is 2.65 bits per heavy atom. The molecule has 1 heterocycles. The van der Waals surface area contributed by atoms with Crippen LogP contribution in [-0.4, -0.2) is 11.1 Å². The number of benzene rings is 2. The number of carboxylic acids is 1. The predicted octanol–water partition coefficient (Wildman–Crippen LogP) is 3.23. The maximum atomic E-state index is 11.1. The van der Waals surface area contributed by atoms with E-state index in [0.717, 1.165) is 5.69 Å². The Balaban J connectivity index is 2.15. The molecular weight excluding hydrogens is 218 g/mol. The van der Waals surface area contributed by atoms with Crippen molar-refractivity contribution in [3.05, 3.63) is 48.0 Å². The average Bonchev–Trinajstić information content (AvgIpc) is 2.35. The zero-order valence-electron chi connectivity index (χ0n) is 8.81. The molecule has 2 aromatic carbocycles. The molecule has 0 radical (unpaired) electrons. The zero-order valence-corrected chi connectivity index (χ0v) is 8.81. The van der Waals surface area contributed by atoms with Gasteiger partial charge in [0.25, 0.3) is 0 Å². The van der Waals surface area contributed by atoms with Crippen LogP contribution in [0.4, 0.5) is 11.4 Å². The molecule has 0 bridgehead atoms. The third-order valence-electron chi connectivity index (χ3n) is 2.61. The number of carbonyl (C=O) groups is 1. The van der Waals surface area contributed by atoms with Crippen molar-refractivity contribution < 1.29 is 14.6 Å². The van der Waals surface area contributed by atoms with Crippen LogP contribution in [0.3, 0.4) is 0 Å². The standard InChI is InChI=1S/C13H9NO3/c15-13(16)8-4-3-6-10-12(8)17-11-7-2-1-5-9(11)14-10/h1-7,14H,(H,15,16). The highest BCUT2D eigenvalue weighted by atomic mass is 16.5. The summed E-state index contributed by atoms with van der Waals surface area (Å²) in [6.07, 6.45) is 0. The number of para-hydroxylation sites is 3. The van der Waals surface area contributed by atoms with Crippen molar-refractivity contribution in [3.8, 4) is 11.5 Å². The van der Waals surface area contributed by atoms with E-state index in [4.69, 9.17) is 9.84 Å². The van der Waals surface area contributed by atoms with Crippen molar-refractivity contribution in [2.75, 3.05) is 5.32 Å².